The van der Waals surface area contributed by atoms with Crippen LogP contribution in [0.1, 0.15) is 10.4 Å². The Hall–Kier alpha value is -2.43. The first-order valence-electron chi connectivity index (χ1n) is 5.25. The van der Waals surface area contributed by atoms with E-state index in [2.05, 4.69) is 4.74 Å². The van der Waals surface area contributed by atoms with Gasteiger partial charge in [0.25, 0.3) is 0 Å². The van der Waals surface area contributed by atoms with Crippen LogP contribution in [0.2, 0.25) is 0 Å². The molecule has 0 atom stereocenters. The zero-order valence-corrected chi connectivity index (χ0v) is 10.1. The minimum atomic E-state index is -0.451. The average Bonchev–Trinajstić information content (AvgIpc) is 2.86. The number of nitrogens with two attached hydrogens (primary N) is 1. The molecule has 0 saturated carbocycles. The van der Waals surface area contributed by atoms with Crippen LogP contribution < -0.4 is 10.5 Å². The summed E-state index contributed by atoms with van der Waals surface area (Å²) >= 11 is 0. The van der Waals surface area contributed by atoms with Gasteiger partial charge in [0, 0.05) is 5.56 Å². The molecular formula is C13H13NO4. The first-order chi connectivity index (χ1) is 8.67. The molecule has 0 radical (unpaired) electrons. The second-order valence-corrected chi connectivity index (χ2v) is 3.65. The fourth-order valence-corrected chi connectivity index (χ4v) is 1.69. The maximum Gasteiger partial charge on any atom is 0.341 e. The molecule has 2 N–H and O–H groups in total. The zero-order valence-electron chi connectivity index (χ0n) is 10.1. The lowest BCUT2D eigenvalue weighted by Gasteiger charge is -2.07. The van der Waals surface area contributed by atoms with Crippen LogP contribution >= 0.6 is 0 Å². The number of ether oxygens (including phenoxy) is 2. The van der Waals surface area contributed by atoms with E-state index in [0.29, 0.717) is 22.6 Å². The van der Waals surface area contributed by atoms with Crippen LogP contribution in [0, 0.1) is 0 Å². The average molecular weight is 247 g/mol. The number of anilines is 1. The summed E-state index contributed by atoms with van der Waals surface area (Å²) in [6.07, 6.45) is 2.83. The summed E-state index contributed by atoms with van der Waals surface area (Å²) < 4.78 is 14.8. The molecule has 18 heavy (non-hydrogen) atoms. The van der Waals surface area contributed by atoms with Crippen molar-refractivity contribution in [3.8, 4) is 16.9 Å². The Morgan fingerprint density at radius 1 is 1.28 bits per heavy atom. The van der Waals surface area contributed by atoms with Gasteiger partial charge < -0.3 is 19.6 Å². The number of hydrogen-bond acceptors (Lipinski definition) is 5. The number of nitrogen functional groups attached to an aromatic ring is 1. The van der Waals surface area contributed by atoms with E-state index in [4.69, 9.17) is 14.9 Å². The molecule has 0 spiro atoms. The Kier molecular flexibility index (Phi) is 3.23. The molecule has 0 unspecified atom stereocenters. The molecule has 5 nitrogen and oxygen atoms in total. The fraction of sp³-hybridized carbons (Fsp3) is 0.154. The number of carbonyl (C=O) groups excluding carboxylic acids is 1. The van der Waals surface area contributed by atoms with Gasteiger partial charge in [0.15, 0.2) is 0 Å². The van der Waals surface area contributed by atoms with Crippen molar-refractivity contribution in [3.63, 3.8) is 0 Å². The smallest absolute Gasteiger partial charge is 0.341 e. The van der Waals surface area contributed by atoms with E-state index in [-0.39, 0.29) is 0 Å². The molecule has 0 fully saturated rings. The molecule has 1 aromatic carbocycles. The lowest BCUT2D eigenvalue weighted by Crippen LogP contribution is -2.01. The van der Waals surface area contributed by atoms with Crippen molar-refractivity contribution in [2.24, 2.45) is 0 Å². The summed E-state index contributed by atoms with van der Waals surface area (Å²) in [7, 11) is 2.87. The monoisotopic (exact) mass is 247 g/mol. The van der Waals surface area contributed by atoms with Crippen LogP contribution in [0.15, 0.2) is 35.1 Å². The fourth-order valence-electron chi connectivity index (χ4n) is 1.69. The number of rotatable bonds is 3. The molecule has 1 aromatic heterocycles. The van der Waals surface area contributed by atoms with Crippen molar-refractivity contribution in [1.82, 2.24) is 0 Å². The predicted octanol–water partition coefficient (Wildman–Crippen LogP) is 2.32. The minimum Gasteiger partial charge on any atom is -0.495 e. The van der Waals surface area contributed by atoms with Gasteiger partial charge in [0.1, 0.15) is 17.6 Å². The Bertz CT molecular complexity index is 574. The topological polar surface area (TPSA) is 74.7 Å². The molecule has 94 valence electrons. The maximum atomic E-state index is 11.5. The van der Waals surface area contributed by atoms with Crippen molar-refractivity contribution in [3.05, 3.63) is 36.3 Å². The molecule has 5 heteroatoms. The van der Waals surface area contributed by atoms with Gasteiger partial charge in [-0.3, -0.25) is 0 Å². The van der Waals surface area contributed by atoms with Crippen LogP contribution in [-0.2, 0) is 4.74 Å². The quantitative estimate of drug-likeness (QED) is 0.665. The van der Waals surface area contributed by atoms with Crippen molar-refractivity contribution in [2.75, 3.05) is 20.0 Å². The van der Waals surface area contributed by atoms with E-state index in [1.54, 1.807) is 25.3 Å². The highest BCUT2D eigenvalue weighted by Gasteiger charge is 2.16. The summed E-state index contributed by atoms with van der Waals surface area (Å²) in [6.45, 7) is 0. The van der Waals surface area contributed by atoms with Crippen molar-refractivity contribution in [1.29, 1.82) is 0 Å². The predicted molar refractivity (Wildman–Crippen MR) is 66.4 cm³/mol. The number of carbonyl (C=O) groups is 1. The van der Waals surface area contributed by atoms with Crippen LogP contribution in [-0.4, -0.2) is 20.2 Å². The Balaban J connectivity index is 2.46. The lowest BCUT2D eigenvalue weighted by molar-refractivity contribution is 0.0600. The molecule has 0 bridgehead atoms. The van der Waals surface area contributed by atoms with Crippen molar-refractivity contribution in [2.45, 2.75) is 0 Å². The zero-order chi connectivity index (χ0) is 13.1. The summed E-state index contributed by atoms with van der Waals surface area (Å²) in [6, 6.07) is 5.25. The van der Waals surface area contributed by atoms with E-state index < -0.39 is 5.97 Å². The van der Waals surface area contributed by atoms with Crippen molar-refractivity contribution < 1.29 is 18.7 Å². The highest BCUT2D eigenvalue weighted by molar-refractivity contribution is 5.97. The highest BCUT2D eigenvalue weighted by atomic mass is 16.5. The van der Waals surface area contributed by atoms with E-state index in [0.717, 1.165) is 5.56 Å². The van der Waals surface area contributed by atoms with E-state index in [9.17, 15) is 4.79 Å². The van der Waals surface area contributed by atoms with Gasteiger partial charge in [-0.25, -0.2) is 4.79 Å². The van der Waals surface area contributed by atoms with E-state index in [1.807, 2.05) is 0 Å². The minimum absolute atomic E-state index is 0.363. The molecule has 2 aromatic rings. The third-order valence-corrected chi connectivity index (χ3v) is 2.61. The van der Waals surface area contributed by atoms with Gasteiger partial charge in [-0.2, -0.15) is 0 Å². The second-order valence-electron chi connectivity index (χ2n) is 3.65. The Morgan fingerprint density at radius 3 is 2.67 bits per heavy atom. The van der Waals surface area contributed by atoms with Gasteiger partial charge in [-0.1, -0.05) is 6.07 Å². The van der Waals surface area contributed by atoms with Crippen LogP contribution in [0.4, 0.5) is 5.69 Å². The molecule has 2 rings (SSSR count). The molecule has 0 aliphatic carbocycles. The molecule has 0 aliphatic rings. The standard InChI is InChI=1S/C13H13NO4/c1-16-12-4-3-8(5-11(12)14)9-6-18-7-10(9)13(15)17-2/h3-7H,14H2,1-2H3. The van der Waals surface area contributed by atoms with E-state index in [1.165, 1.54) is 19.6 Å². The SMILES string of the molecule is COC(=O)c1cocc1-c1ccc(OC)c(N)c1. The molecule has 1 heterocycles. The van der Waals surface area contributed by atoms with Gasteiger partial charge in [0.2, 0.25) is 0 Å². The summed E-state index contributed by atoms with van der Waals surface area (Å²) in [5.41, 5.74) is 8.08. The second kappa shape index (κ2) is 4.83. The first-order valence-corrected chi connectivity index (χ1v) is 5.25. The number of esters is 1. The van der Waals surface area contributed by atoms with Crippen LogP contribution in [0.25, 0.3) is 11.1 Å². The summed E-state index contributed by atoms with van der Waals surface area (Å²) in [4.78, 5) is 11.5. The molecule has 0 saturated heterocycles. The number of furan rings is 1. The summed E-state index contributed by atoms with van der Waals surface area (Å²) in [5, 5.41) is 0. The Morgan fingerprint density at radius 2 is 2.06 bits per heavy atom. The van der Waals surface area contributed by atoms with Crippen LogP contribution in [0.3, 0.4) is 0 Å². The number of benzene rings is 1. The third-order valence-electron chi connectivity index (χ3n) is 2.61. The highest BCUT2D eigenvalue weighted by Crippen LogP contribution is 2.31. The van der Waals surface area contributed by atoms with Crippen LogP contribution in [0.5, 0.6) is 5.75 Å². The van der Waals surface area contributed by atoms with Gasteiger partial charge in [0.05, 0.1) is 26.2 Å². The largest absolute Gasteiger partial charge is 0.495 e. The molecule has 0 aliphatic heterocycles. The third kappa shape index (κ3) is 2.02. The first kappa shape index (κ1) is 12.0. The molecule has 0 amide bonds. The Labute approximate surface area is 104 Å². The van der Waals surface area contributed by atoms with E-state index >= 15 is 0 Å². The van der Waals surface area contributed by atoms with Gasteiger partial charge in [-0.05, 0) is 17.7 Å². The summed E-state index contributed by atoms with van der Waals surface area (Å²) in [5.74, 6) is 0.134. The van der Waals surface area contributed by atoms with Crippen molar-refractivity contribution >= 4 is 11.7 Å². The lowest BCUT2D eigenvalue weighted by atomic mass is 10.0. The molecular weight excluding hydrogens is 234 g/mol. The van der Waals surface area contributed by atoms with Gasteiger partial charge in [-0.15, -0.1) is 0 Å². The maximum absolute atomic E-state index is 11.5. The van der Waals surface area contributed by atoms with Gasteiger partial charge >= 0.3 is 5.97 Å². The normalized spacial score (nSPS) is 10.1. The number of hydrogen-bond donors (Lipinski definition) is 1. The number of methoxy groups -OCH3 is 2.